The molecule has 5 heteroatoms. The molecule has 0 saturated heterocycles. The Morgan fingerprint density at radius 3 is 2.76 bits per heavy atom. The van der Waals surface area contributed by atoms with Crippen LogP contribution in [0.15, 0.2) is 48.7 Å². The number of nitrogens with two attached hydrogens (primary N) is 1. The zero-order chi connectivity index (χ0) is 20.2. The molecule has 1 aromatic carbocycles. The van der Waals surface area contributed by atoms with Crippen molar-refractivity contribution in [1.29, 1.82) is 0 Å². The summed E-state index contributed by atoms with van der Waals surface area (Å²) >= 11 is 0. The van der Waals surface area contributed by atoms with Gasteiger partial charge in [-0.15, -0.1) is 0 Å². The van der Waals surface area contributed by atoms with Gasteiger partial charge in [-0.3, -0.25) is 14.6 Å². The standard InChI is InChI=1S/C24H25N5/c1-15-6-4-7-20(27-15)23-22(21-8-5-13-29(21)28-23)17-11-12-26-19-10-9-16(14-18(17)19)24(2,3)25/h4,6-7,9-12,14H,5,8,13,25H2,1-3H3. The van der Waals surface area contributed by atoms with Gasteiger partial charge in [-0.05, 0) is 75.1 Å². The third-order valence-corrected chi connectivity index (χ3v) is 5.73. The third-order valence-electron chi connectivity index (χ3n) is 5.73. The number of benzene rings is 1. The lowest BCUT2D eigenvalue weighted by Crippen LogP contribution is -2.28. The second-order valence-corrected chi connectivity index (χ2v) is 8.47. The topological polar surface area (TPSA) is 69.6 Å². The van der Waals surface area contributed by atoms with Crippen LogP contribution in [0, 0.1) is 6.92 Å². The minimum atomic E-state index is -0.413. The molecule has 0 unspecified atom stereocenters. The Bertz CT molecular complexity index is 1230. The van der Waals surface area contributed by atoms with Crippen LogP contribution in [0.5, 0.6) is 0 Å². The lowest BCUT2D eigenvalue weighted by molar-refractivity contribution is 0.555. The fraction of sp³-hybridized carbons (Fsp3) is 0.292. The maximum Gasteiger partial charge on any atom is 0.119 e. The normalized spacial score (nSPS) is 13.8. The van der Waals surface area contributed by atoms with E-state index in [0.29, 0.717) is 0 Å². The molecule has 4 aromatic rings. The third kappa shape index (κ3) is 3.02. The summed E-state index contributed by atoms with van der Waals surface area (Å²) in [5, 5.41) is 6.08. The number of pyridine rings is 2. The lowest BCUT2D eigenvalue weighted by atomic mass is 9.91. The van der Waals surface area contributed by atoms with Crippen LogP contribution in [0.4, 0.5) is 0 Å². The van der Waals surface area contributed by atoms with Gasteiger partial charge in [0, 0.05) is 40.6 Å². The van der Waals surface area contributed by atoms with Crippen LogP contribution in [0.2, 0.25) is 0 Å². The summed E-state index contributed by atoms with van der Waals surface area (Å²) in [6.45, 7) is 7.04. The SMILES string of the molecule is Cc1cccc(-c2nn3c(c2-c2ccnc4ccc(C(C)(C)N)cc24)CCC3)n1. The second kappa shape index (κ2) is 6.49. The molecule has 2 N–H and O–H groups in total. The van der Waals surface area contributed by atoms with E-state index in [0.717, 1.165) is 58.5 Å². The average molecular weight is 383 g/mol. The summed E-state index contributed by atoms with van der Waals surface area (Å²) in [6.07, 6.45) is 4.04. The first-order chi connectivity index (χ1) is 13.9. The molecule has 0 amide bonds. The minimum absolute atomic E-state index is 0.413. The summed E-state index contributed by atoms with van der Waals surface area (Å²) in [7, 11) is 0. The number of fused-ring (bicyclic) bond motifs is 2. The van der Waals surface area contributed by atoms with Crippen LogP contribution < -0.4 is 5.73 Å². The van der Waals surface area contributed by atoms with E-state index < -0.39 is 5.54 Å². The summed E-state index contributed by atoms with van der Waals surface area (Å²) < 4.78 is 2.15. The lowest BCUT2D eigenvalue weighted by Gasteiger charge is -2.20. The first kappa shape index (κ1) is 18.0. The largest absolute Gasteiger partial charge is 0.322 e. The van der Waals surface area contributed by atoms with E-state index in [4.69, 9.17) is 15.8 Å². The smallest absolute Gasteiger partial charge is 0.119 e. The van der Waals surface area contributed by atoms with Crippen molar-refractivity contribution >= 4 is 10.9 Å². The summed E-state index contributed by atoms with van der Waals surface area (Å²) in [5.41, 5.74) is 14.5. The molecule has 0 aliphatic carbocycles. The molecule has 0 radical (unpaired) electrons. The molecule has 29 heavy (non-hydrogen) atoms. The fourth-order valence-corrected chi connectivity index (χ4v) is 4.23. The van der Waals surface area contributed by atoms with E-state index in [2.05, 4.69) is 33.9 Å². The van der Waals surface area contributed by atoms with Gasteiger partial charge in [0.15, 0.2) is 0 Å². The number of nitrogens with zero attached hydrogens (tertiary/aromatic N) is 4. The first-order valence-corrected chi connectivity index (χ1v) is 10.1. The molecule has 5 nitrogen and oxygen atoms in total. The zero-order valence-corrected chi connectivity index (χ0v) is 17.1. The van der Waals surface area contributed by atoms with Gasteiger partial charge in [-0.1, -0.05) is 12.1 Å². The Hall–Kier alpha value is -3.05. The molecule has 146 valence electrons. The van der Waals surface area contributed by atoms with Crippen LogP contribution >= 0.6 is 0 Å². The molecule has 0 atom stereocenters. The second-order valence-electron chi connectivity index (χ2n) is 8.47. The number of aromatic nitrogens is 4. The van der Waals surface area contributed by atoms with Crippen LogP contribution in [0.25, 0.3) is 33.4 Å². The molecule has 4 heterocycles. The van der Waals surface area contributed by atoms with Crippen LogP contribution in [-0.4, -0.2) is 19.7 Å². The highest BCUT2D eigenvalue weighted by Gasteiger charge is 2.26. The minimum Gasteiger partial charge on any atom is -0.322 e. The number of aryl methyl sites for hydroxylation is 2. The molecule has 0 saturated carbocycles. The van der Waals surface area contributed by atoms with Gasteiger partial charge in [-0.25, -0.2) is 0 Å². The summed E-state index contributed by atoms with van der Waals surface area (Å²) in [5.74, 6) is 0. The van der Waals surface area contributed by atoms with Crippen molar-refractivity contribution in [3.8, 4) is 22.5 Å². The van der Waals surface area contributed by atoms with Gasteiger partial charge >= 0.3 is 0 Å². The van der Waals surface area contributed by atoms with E-state index in [9.17, 15) is 0 Å². The predicted octanol–water partition coefficient (Wildman–Crippen LogP) is 4.61. The van der Waals surface area contributed by atoms with Crippen molar-refractivity contribution in [3.05, 3.63) is 65.6 Å². The van der Waals surface area contributed by atoms with Crippen LogP contribution in [0.3, 0.4) is 0 Å². The maximum absolute atomic E-state index is 6.40. The molecule has 1 aliphatic rings. The maximum atomic E-state index is 6.40. The Labute approximate surface area is 170 Å². The van der Waals surface area contributed by atoms with Gasteiger partial charge in [0.1, 0.15) is 5.69 Å². The van der Waals surface area contributed by atoms with E-state index >= 15 is 0 Å². The van der Waals surface area contributed by atoms with E-state index in [1.54, 1.807) is 0 Å². The average Bonchev–Trinajstić information content (AvgIpc) is 3.27. The number of hydrogen-bond donors (Lipinski definition) is 1. The highest BCUT2D eigenvalue weighted by atomic mass is 15.3. The van der Waals surface area contributed by atoms with Crippen molar-refractivity contribution < 1.29 is 0 Å². The molecule has 3 aromatic heterocycles. The highest BCUT2D eigenvalue weighted by Crippen LogP contribution is 2.40. The molecule has 5 rings (SSSR count). The van der Waals surface area contributed by atoms with E-state index in [-0.39, 0.29) is 0 Å². The first-order valence-electron chi connectivity index (χ1n) is 10.1. The Balaban J connectivity index is 1.81. The zero-order valence-electron chi connectivity index (χ0n) is 17.1. The van der Waals surface area contributed by atoms with Gasteiger partial charge < -0.3 is 5.73 Å². The van der Waals surface area contributed by atoms with Crippen molar-refractivity contribution in [2.24, 2.45) is 5.73 Å². The quantitative estimate of drug-likeness (QED) is 0.561. The van der Waals surface area contributed by atoms with E-state index in [1.165, 1.54) is 11.3 Å². The number of hydrogen-bond acceptors (Lipinski definition) is 4. The van der Waals surface area contributed by atoms with Gasteiger partial charge in [0.05, 0.1) is 11.2 Å². The Morgan fingerprint density at radius 2 is 1.97 bits per heavy atom. The van der Waals surface area contributed by atoms with Crippen molar-refractivity contribution in [1.82, 2.24) is 19.7 Å². The molecule has 0 fully saturated rings. The van der Waals surface area contributed by atoms with Crippen molar-refractivity contribution in [2.45, 2.75) is 45.7 Å². The highest BCUT2D eigenvalue weighted by molar-refractivity contribution is 5.99. The number of rotatable bonds is 3. The predicted molar refractivity (Wildman–Crippen MR) is 116 cm³/mol. The van der Waals surface area contributed by atoms with Crippen LogP contribution in [-0.2, 0) is 18.5 Å². The Morgan fingerprint density at radius 1 is 1.10 bits per heavy atom. The van der Waals surface area contributed by atoms with Crippen molar-refractivity contribution in [3.63, 3.8) is 0 Å². The fourth-order valence-electron chi connectivity index (χ4n) is 4.23. The van der Waals surface area contributed by atoms with Crippen LogP contribution in [0.1, 0.15) is 37.2 Å². The monoisotopic (exact) mass is 383 g/mol. The Kier molecular flexibility index (Phi) is 4.03. The molecule has 1 aliphatic heterocycles. The molecule has 0 bridgehead atoms. The summed E-state index contributed by atoms with van der Waals surface area (Å²) in [4.78, 5) is 9.37. The molecular formula is C24H25N5. The van der Waals surface area contributed by atoms with Gasteiger partial charge in [-0.2, -0.15) is 5.10 Å². The molecular weight excluding hydrogens is 358 g/mol. The molecule has 0 spiro atoms. The van der Waals surface area contributed by atoms with E-state index in [1.807, 2.05) is 45.2 Å². The van der Waals surface area contributed by atoms with Gasteiger partial charge in [0.25, 0.3) is 0 Å². The summed E-state index contributed by atoms with van der Waals surface area (Å²) in [6, 6.07) is 14.5. The van der Waals surface area contributed by atoms with Crippen molar-refractivity contribution in [2.75, 3.05) is 0 Å². The van der Waals surface area contributed by atoms with Gasteiger partial charge in [0.2, 0.25) is 0 Å².